The lowest BCUT2D eigenvalue weighted by atomic mass is 10.1. The standard InChI is InChI=1S/C8H15NS/c1-6-4-8(7(2)10)9(3)5-6/h7-8,10H,1,4-5H2,2-3H3. The predicted molar refractivity (Wildman–Crippen MR) is 48.6 cm³/mol. The first-order valence-corrected chi connectivity index (χ1v) is 4.18. The topological polar surface area (TPSA) is 3.24 Å². The largest absolute Gasteiger partial charge is 0.298 e. The van der Waals surface area contributed by atoms with Crippen molar-refractivity contribution in [3.8, 4) is 0 Å². The van der Waals surface area contributed by atoms with Gasteiger partial charge >= 0.3 is 0 Å². The van der Waals surface area contributed by atoms with Crippen LogP contribution in [-0.2, 0) is 0 Å². The summed E-state index contributed by atoms with van der Waals surface area (Å²) < 4.78 is 0. The Morgan fingerprint density at radius 1 is 1.80 bits per heavy atom. The van der Waals surface area contributed by atoms with Crippen LogP contribution in [0, 0.1) is 0 Å². The highest BCUT2D eigenvalue weighted by molar-refractivity contribution is 7.81. The molecule has 1 nitrogen and oxygen atoms in total. The summed E-state index contributed by atoms with van der Waals surface area (Å²) in [5, 5.41) is 0.462. The quantitative estimate of drug-likeness (QED) is 0.446. The van der Waals surface area contributed by atoms with Crippen molar-refractivity contribution in [3.05, 3.63) is 12.2 Å². The van der Waals surface area contributed by atoms with E-state index in [9.17, 15) is 0 Å². The van der Waals surface area contributed by atoms with E-state index in [0.717, 1.165) is 13.0 Å². The molecule has 0 aliphatic carbocycles. The lowest BCUT2D eigenvalue weighted by Gasteiger charge is -2.21. The number of hydrogen-bond acceptors (Lipinski definition) is 2. The van der Waals surface area contributed by atoms with E-state index in [1.165, 1.54) is 5.57 Å². The van der Waals surface area contributed by atoms with Gasteiger partial charge in [0.1, 0.15) is 0 Å². The molecule has 2 unspecified atom stereocenters. The van der Waals surface area contributed by atoms with Crippen LogP contribution in [0.4, 0.5) is 0 Å². The minimum Gasteiger partial charge on any atom is -0.298 e. The third kappa shape index (κ3) is 1.55. The van der Waals surface area contributed by atoms with Crippen LogP contribution in [0.1, 0.15) is 13.3 Å². The number of nitrogens with zero attached hydrogens (tertiary/aromatic N) is 1. The van der Waals surface area contributed by atoms with E-state index < -0.39 is 0 Å². The lowest BCUT2D eigenvalue weighted by molar-refractivity contribution is 0.312. The van der Waals surface area contributed by atoms with E-state index in [-0.39, 0.29) is 0 Å². The fraction of sp³-hybridized carbons (Fsp3) is 0.750. The maximum atomic E-state index is 4.41. The normalized spacial score (nSPS) is 31.1. The van der Waals surface area contributed by atoms with Crippen LogP contribution in [0.15, 0.2) is 12.2 Å². The van der Waals surface area contributed by atoms with Crippen LogP contribution in [-0.4, -0.2) is 29.8 Å². The Balaban J connectivity index is 2.54. The van der Waals surface area contributed by atoms with Crippen molar-refractivity contribution in [2.75, 3.05) is 13.6 Å². The average molecular weight is 157 g/mol. The van der Waals surface area contributed by atoms with Crippen LogP contribution in [0.25, 0.3) is 0 Å². The number of likely N-dealkylation sites (N-methyl/N-ethyl adjacent to an activating group) is 1. The van der Waals surface area contributed by atoms with Crippen LogP contribution in [0.3, 0.4) is 0 Å². The molecule has 1 fully saturated rings. The Bertz CT molecular complexity index is 142. The van der Waals surface area contributed by atoms with E-state index in [4.69, 9.17) is 0 Å². The van der Waals surface area contributed by atoms with Crippen molar-refractivity contribution in [2.45, 2.75) is 24.6 Å². The number of rotatable bonds is 1. The summed E-state index contributed by atoms with van der Waals surface area (Å²) in [6.07, 6.45) is 1.13. The summed E-state index contributed by atoms with van der Waals surface area (Å²) in [6.45, 7) is 7.15. The van der Waals surface area contributed by atoms with Gasteiger partial charge in [0.25, 0.3) is 0 Å². The van der Waals surface area contributed by atoms with E-state index in [1.54, 1.807) is 0 Å². The lowest BCUT2D eigenvalue weighted by Crippen LogP contribution is -2.31. The Hall–Kier alpha value is 0.0500. The second-order valence-electron chi connectivity index (χ2n) is 3.18. The summed E-state index contributed by atoms with van der Waals surface area (Å²) >= 11 is 4.41. The van der Waals surface area contributed by atoms with Gasteiger partial charge in [0.15, 0.2) is 0 Å². The molecule has 1 heterocycles. The van der Waals surface area contributed by atoms with E-state index in [1.807, 2.05) is 0 Å². The van der Waals surface area contributed by atoms with Gasteiger partial charge < -0.3 is 0 Å². The number of likely N-dealkylation sites (tertiary alicyclic amines) is 1. The first-order chi connectivity index (χ1) is 4.61. The van der Waals surface area contributed by atoms with Gasteiger partial charge in [0.05, 0.1) is 0 Å². The fourth-order valence-electron chi connectivity index (χ4n) is 1.52. The minimum atomic E-state index is 0.462. The number of thiol groups is 1. The molecule has 58 valence electrons. The maximum absolute atomic E-state index is 4.41. The molecule has 0 radical (unpaired) electrons. The zero-order valence-corrected chi connectivity index (χ0v) is 7.56. The van der Waals surface area contributed by atoms with Gasteiger partial charge in [-0.1, -0.05) is 19.1 Å². The molecule has 0 amide bonds. The smallest absolute Gasteiger partial charge is 0.0247 e. The zero-order valence-electron chi connectivity index (χ0n) is 6.67. The molecule has 0 aromatic carbocycles. The van der Waals surface area contributed by atoms with Gasteiger partial charge in [-0.15, -0.1) is 0 Å². The molecular weight excluding hydrogens is 142 g/mol. The molecule has 0 bridgehead atoms. The van der Waals surface area contributed by atoms with Gasteiger partial charge in [-0.3, -0.25) is 4.90 Å². The van der Waals surface area contributed by atoms with Crippen molar-refractivity contribution in [2.24, 2.45) is 0 Å². The highest BCUT2D eigenvalue weighted by atomic mass is 32.1. The van der Waals surface area contributed by atoms with E-state index in [0.29, 0.717) is 11.3 Å². The third-order valence-electron chi connectivity index (χ3n) is 2.09. The van der Waals surface area contributed by atoms with Crippen molar-refractivity contribution in [1.29, 1.82) is 0 Å². The van der Waals surface area contributed by atoms with Gasteiger partial charge in [-0.05, 0) is 13.5 Å². The van der Waals surface area contributed by atoms with Gasteiger partial charge in [0, 0.05) is 17.8 Å². The summed E-state index contributed by atoms with van der Waals surface area (Å²) in [5.41, 5.74) is 1.34. The van der Waals surface area contributed by atoms with Crippen LogP contribution in [0.2, 0.25) is 0 Å². The highest BCUT2D eigenvalue weighted by Crippen LogP contribution is 2.23. The highest BCUT2D eigenvalue weighted by Gasteiger charge is 2.26. The van der Waals surface area contributed by atoms with E-state index in [2.05, 4.69) is 38.1 Å². The van der Waals surface area contributed by atoms with E-state index >= 15 is 0 Å². The molecule has 2 heteroatoms. The molecule has 0 aromatic rings. The van der Waals surface area contributed by atoms with Crippen LogP contribution in [0.5, 0.6) is 0 Å². The average Bonchev–Trinajstić information content (AvgIpc) is 2.10. The van der Waals surface area contributed by atoms with Gasteiger partial charge in [-0.2, -0.15) is 12.6 Å². The molecule has 0 saturated carbocycles. The minimum absolute atomic E-state index is 0.462. The fourth-order valence-corrected chi connectivity index (χ4v) is 1.86. The summed E-state index contributed by atoms with van der Waals surface area (Å²) in [4.78, 5) is 2.32. The monoisotopic (exact) mass is 157 g/mol. The molecule has 0 N–H and O–H groups in total. The first kappa shape index (κ1) is 8.15. The molecule has 2 atom stereocenters. The Labute approximate surface area is 68.5 Å². The Morgan fingerprint density at radius 3 is 2.60 bits per heavy atom. The second kappa shape index (κ2) is 2.97. The second-order valence-corrected chi connectivity index (χ2v) is 3.99. The SMILES string of the molecule is C=C1CC(C(C)S)N(C)C1. The summed E-state index contributed by atoms with van der Waals surface area (Å²) in [7, 11) is 2.13. The Morgan fingerprint density at radius 2 is 2.40 bits per heavy atom. The van der Waals surface area contributed by atoms with Crippen molar-refractivity contribution in [1.82, 2.24) is 4.90 Å². The van der Waals surface area contributed by atoms with Crippen molar-refractivity contribution in [3.63, 3.8) is 0 Å². The summed E-state index contributed by atoms with van der Waals surface area (Å²) in [6, 6.07) is 0.607. The molecular formula is C8H15NS. The van der Waals surface area contributed by atoms with Crippen molar-refractivity contribution >= 4 is 12.6 Å². The Kier molecular flexibility index (Phi) is 2.42. The van der Waals surface area contributed by atoms with Crippen LogP contribution < -0.4 is 0 Å². The molecule has 1 saturated heterocycles. The van der Waals surface area contributed by atoms with Gasteiger partial charge in [-0.25, -0.2) is 0 Å². The molecule has 10 heavy (non-hydrogen) atoms. The summed E-state index contributed by atoms with van der Waals surface area (Å²) in [5.74, 6) is 0. The first-order valence-electron chi connectivity index (χ1n) is 3.66. The molecule has 1 aliphatic rings. The molecule has 0 spiro atoms. The zero-order chi connectivity index (χ0) is 7.72. The number of hydrogen-bond donors (Lipinski definition) is 1. The van der Waals surface area contributed by atoms with Gasteiger partial charge in [0.2, 0.25) is 0 Å². The molecule has 1 aliphatic heterocycles. The van der Waals surface area contributed by atoms with Crippen LogP contribution >= 0.6 is 12.6 Å². The molecule has 0 aromatic heterocycles. The predicted octanol–water partition coefficient (Wildman–Crippen LogP) is 1.56. The molecule has 1 rings (SSSR count). The third-order valence-corrected chi connectivity index (χ3v) is 2.44. The van der Waals surface area contributed by atoms with Crippen molar-refractivity contribution < 1.29 is 0 Å². The maximum Gasteiger partial charge on any atom is 0.0247 e.